The van der Waals surface area contributed by atoms with Crippen molar-refractivity contribution in [3.63, 3.8) is 0 Å². The van der Waals surface area contributed by atoms with E-state index in [9.17, 15) is 9.00 Å². The maximum Gasteiger partial charge on any atom is 0.233 e. The smallest absolute Gasteiger partial charge is 0.233 e. The molecule has 1 aliphatic heterocycles. The van der Waals surface area contributed by atoms with Crippen LogP contribution in [0.1, 0.15) is 36.1 Å². The summed E-state index contributed by atoms with van der Waals surface area (Å²) in [6.45, 7) is 2.00. The molecule has 1 aliphatic rings. The van der Waals surface area contributed by atoms with Gasteiger partial charge in [0.05, 0.1) is 35.9 Å². The molecule has 0 unspecified atom stereocenters. The van der Waals surface area contributed by atoms with Gasteiger partial charge in [-0.05, 0) is 36.2 Å². The van der Waals surface area contributed by atoms with Gasteiger partial charge < -0.3 is 10.1 Å². The number of hydrogen-bond acceptors (Lipinski definition) is 4. The summed E-state index contributed by atoms with van der Waals surface area (Å²) in [5.41, 5.74) is 3.43. The van der Waals surface area contributed by atoms with Crippen LogP contribution in [0.15, 0.2) is 54.6 Å². The van der Waals surface area contributed by atoms with Gasteiger partial charge in [-0.2, -0.15) is 5.10 Å². The van der Waals surface area contributed by atoms with E-state index in [0.29, 0.717) is 23.7 Å². The predicted molar refractivity (Wildman–Crippen MR) is 114 cm³/mol. The number of carbonyl (C=O) groups excluding carboxylic acids is 1. The van der Waals surface area contributed by atoms with Gasteiger partial charge in [-0.15, -0.1) is 0 Å². The third-order valence-corrected chi connectivity index (χ3v) is 6.36. The van der Waals surface area contributed by atoms with Crippen molar-refractivity contribution in [2.24, 2.45) is 0 Å². The molecular formula is C22H23N3O3S. The van der Waals surface area contributed by atoms with E-state index in [4.69, 9.17) is 4.74 Å². The molecule has 4 rings (SSSR count). The van der Waals surface area contributed by atoms with E-state index in [-0.39, 0.29) is 11.8 Å². The Morgan fingerprint density at radius 3 is 2.55 bits per heavy atom. The number of fused-ring (bicyclic) bond motifs is 1. The molecule has 0 saturated heterocycles. The number of aromatic nitrogens is 2. The minimum absolute atomic E-state index is 0.0890. The van der Waals surface area contributed by atoms with Crippen LogP contribution in [0.4, 0.5) is 5.82 Å². The van der Waals surface area contributed by atoms with Crippen molar-refractivity contribution in [1.82, 2.24) is 9.78 Å². The lowest BCUT2D eigenvalue weighted by Crippen LogP contribution is -2.23. The zero-order chi connectivity index (χ0) is 20.4. The summed E-state index contributed by atoms with van der Waals surface area (Å²) in [7, 11) is 0.639. The minimum atomic E-state index is -0.979. The molecule has 0 saturated carbocycles. The van der Waals surface area contributed by atoms with Crippen LogP contribution in [-0.2, 0) is 27.1 Å². The maximum absolute atomic E-state index is 13.2. The van der Waals surface area contributed by atoms with Gasteiger partial charge in [-0.3, -0.25) is 9.00 Å². The van der Waals surface area contributed by atoms with Crippen molar-refractivity contribution in [2.45, 2.75) is 30.8 Å². The van der Waals surface area contributed by atoms with Crippen LogP contribution in [0, 0.1) is 0 Å². The number of methoxy groups -OCH3 is 1. The zero-order valence-corrected chi connectivity index (χ0v) is 17.2. The lowest BCUT2D eigenvalue weighted by molar-refractivity contribution is -0.117. The van der Waals surface area contributed by atoms with Gasteiger partial charge in [-0.25, -0.2) is 4.68 Å². The second-order valence-corrected chi connectivity index (χ2v) is 8.43. The highest BCUT2D eigenvalue weighted by Gasteiger charge is 2.30. The monoisotopic (exact) mass is 409 g/mol. The highest BCUT2D eigenvalue weighted by Crippen LogP contribution is 2.33. The van der Waals surface area contributed by atoms with Gasteiger partial charge in [0.15, 0.2) is 0 Å². The van der Waals surface area contributed by atoms with Gasteiger partial charge >= 0.3 is 0 Å². The van der Waals surface area contributed by atoms with Crippen LogP contribution in [0.5, 0.6) is 5.75 Å². The Morgan fingerprint density at radius 1 is 1.17 bits per heavy atom. The van der Waals surface area contributed by atoms with Crippen molar-refractivity contribution in [2.75, 3.05) is 12.4 Å². The van der Waals surface area contributed by atoms with E-state index < -0.39 is 10.8 Å². The summed E-state index contributed by atoms with van der Waals surface area (Å²) < 4.78 is 19.0. The van der Waals surface area contributed by atoms with E-state index in [1.165, 1.54) is 0 Å². The average molecular weight is 410 g/mol. The van der Waals surface area contributed by atoms with E-state index >= 15 is 0 Å². The van der Waals surface area contributed by atoms with Crippen LogP contribution in [0.25, 0.3) is 5.69 Å². The molecule has 0 fully saturated rings. The Labute approximate surface area is 172 Å². The number of anilines is 1. The minimum Gasteiger partial charge on any atom is -0.497 e. The molecule has 1 amide bonds. The lowest BCUT2D eigenvalue weighted by atomic mass is 9.95. The van der Waals surface area contributed by atoms with Gasteiger partial charge in [0.1, 0.15) is 11.6 Å². The SMILES string of the molecule is CC[C@H](C(=O)Nc1c2c(nn1-c1ccc(OC)cc1)C[S@](=O)C2)c1ccccc1. The third-order valence-electron chi connectivity index (χ3n) is 5.16. The fourth-order valence-corrected chi connectivity index (χ4v) is 4.89. The summed E-state index contributed by atoms with van der Waals surface area (Å²) in [5, 5.41) is 7.73. The molecule has 3 aromatic rings. The van der Waals surface area contributed by atoms with Gasteiger partial charge in [0.25, 0.3) is 0 Å². The summed E-state index contributed by atoms with van der Waals surface area (Å²) in [6, 6.07) is 17.2. The van der Waals surface area contributed by atoms with Crippen LogP contribution >= 0.6 is 0 Å². The van der Waals surface area contributed by atoms with Gasteiger partial charge in [-0.1, -0.05) is 37.3 Å². The van der Waals surface area contributed by atoms with Crippen molar-refractivity contribution in [1.29, 1.82) is 0 Å². The first kappa shape index (κ1) is 19.4. The summed E-state index contributed by atoms with van der Waals surface area (Å²) in [6.07, 6.45) is 0.681. The Morgan fingerprint density at radius 2 is 1.90 bits per heavy atom. The molecule has 0 bridgehead atoms. The summed E-state index contributed by atoms with van der Waals surface area (Å²) >= 11 is 0. The van der Waals surface area contributed by atoms with E-state index in [0.717, 1.165) is 28.3 Å². The fourth-order valence-electron chi connectivity index (χ4n) is 3.63. The third kappa shape index (κ3) is 3.82. The van der Waals surface area contributed by atoms with Gasteiger partial charge in [0.2, 0.25) is 5.91 Å². The largest absolute Gasteiger partial charge is 0.497 e. The van der Waals surface area contributed by atoms with Crippen molar-refractivity contribution >= 4 is 22.5 Å². The molecule has 0 radical (unpaired) electrons. The number of amides is 1. The molecular weight excluding hydrogens is 386 g/mol. The van der Waals surface area contributed by atoms with Crippen LogP contribution < -0.4 is 10.1 Å². The number of nitrogens with zero attached hydrogens (tertiary/aromatic N) is 2. The van der Waals surface area contributed by atoms with E-state index in [1.54, 1.807) is 11.8 Å². The first-order valence-corrected chi connectivity index (χ1v) is 11.1. The number of carbonyl (C=O) groups is 1. The Kier molecular flexibility index (Phi) is 5.49. The van der Waals surface area contributed by atoms with Crippen LogP contribution in [0.2, 0.25) is 0 Å². The number of benzene rings is 2. The fraction of sp³-hybridized carbons (Fsp3) is 0.273. The topological polar surface area (TPSA) is 73.2 Å². The molecule has 6 nitrogen and oxygen atoms in total. The quantitative estimate of drug-likeness (QED) is 0.673. The van der Waals surface area contributed by atoms with E-state index in [2.05, 4.69) is 10.4 Å². The number of ether oxygens (including phenoxy) is 1. The van der Waals surface area contributed by atoms with E-state index in [1.807, 2.05) is 61.5 Å². The van der Waals surface area contributed by atoms with Crippen LogP contribution in [0.3, 0.4) is 0 Å². The molecule has 0 aliphatic carbocycles. The van der Waals surface area contributed by atoms with Crippen molar-refractivity contribution in [3.8, 4) is 11.4 Å². The first-order valence-electron chi connectivity index (χ1n) is 9.56. The Balaban J connectivity index is 1.70. The molecule has 150 valence electrons. The highest BCUT2D eigenvalue weighted by molar-refractivity contribution is 7.83. The average Bonchev–Trinajstić information content (AvgIpc) is 3.26. The second-order valence-electron chi connectivity index (χ2n) is 6.97. The highest BCUT2D eigenvalue weighted by atomic mass is 32.2. The number of rotatable bonds is 6. The molecule has 0 spiro atoms. The number of nitrogens with one attached hydrogen (secondary N) is 1. The molecule has 1 aromatic heterocycles. The molecule has 29 heavy (non-hydrogen) atoms. The normalized spacial score (nSPS) is 16.3. The Bertz CT molecular complexity index is 1050. The molecule has 1 N–H and O–H groups in total. The van der Waals surface area contributed by atoms with Crippen molar-refractivity contribution in [3.05, 3.63) is 71.4 Å². The van der Waals surface area contributed by atoms with Crippen LogP contribution in [-0.4, -0.2) is 27.0 Å². The standard InChI is InChI=1S/C22H23N3O3S/c1-3-18(15-7-5-4-6-8-15)22(26)23-21-19-13-29(27)14-20(19)24-25(21)16-9-11-17(28-2)12-10-16/h4-12,18H,3,13-14H2,1-2H3,(H,23,26)/t18-,29+/m0/s1. The summed E-state index contributed by atoms with van der Waals surface area (Å²) in [5.74, 6) is 1.82. The van der Waals surface area contributed by atoms with Gasteiger partial charge in [0, 0.05) is 16.4 Å². The Hall–Kier alpha value is -2.93. The lowest BCUT2D eigenvalue weighted by Gasteiger charge is -2.17. The summed E-state index contributed by atoms with van der Waals surface area (Å²) in [4.78, 5) is 13.2. The van der Waals surface area contributed by atoms with Crippen molar-refractivity contribution < 1.29 is 13.7 Å². The molecule has 2 heterocycles. The maximum atomic E-state index is 13.2. The first-order chi connectivity index (χ1) is 14.1. The molecule has 2 atom stereocenters. The molecule has 2 aromatic carbocycles. The second kappa shape index (κ2) is 8.21. The number of hydrogen-bond donors (Lipinski definition) is 1. The zero-order valence-electron chi connectivity index (χ0n) is 16.4. The molecule has 7 heteroatoms. The predicted octanol–water partition coefficient (Wildman–Crippen LogP) is 3.78.